The zero-order valence-electron chi connectivity index (χ0n) is 10.7. The lowest BCUT2D eigenvalue weighted by molar-refractivity contribution is -0.384. The average Bonchev–Trinajstić information content (AvgIpc) is 2.41. The molecule has 0 aliphatic rings. The van der Waals surface area contributed by atoms with Crippen molar-refractivity contribution in [2.24, 2.45) is 0 Å². The monoisotopic (exact) mass is 272 g/mol. The maximum atomic E-state index is 11.1. The highest BCUT2D eigenvalue weighted by Gasteiger charge is 2.16. The van der Waals surface area contributed by atoms with Gasteiger partial charge in [0, 0.05) is 6.07 Å². The predicted octanol–water partition coefficient (Wildman–Crippen LogP) is 3.35. The summed E-state index contributed by atoms with van der Waals surface area (Å²) in [6, 6.07) is 11.0. The molecule has 0 fully saturated rings. The quantitative estimate of drug-likeness (QED) is 0.657. The van der Waals surface area contributed by atoms with Crippen LogP contribution in [0.5, 0.6) is 0 Å². The molecule has 0 unspecified atom stereocenters. The molecule has 0 heterocycles. The minimum absolute atomic E-state index is 0.0578. The standard InChI is InChI=1S/C14H12N2O4/c1-9-6-7-12(13(8-9)16(19)20)15-11-5-3-2-4-10(11)14(17)18/h2-8,15H,1H3,(H,17,18). The predicted molar refractivity (Wildman–Crippen MR) is 74.5 cm³/mol. The number of para-hydroxylation sites is 1. The second-order valence-corrected chi connectivity index (χ2v) is 4.25. The number of benzene rings is 2. The van der Waals surface area contributed by atoms with Gasteiger partial charge >= 0.3 is 5.97 Å². The largest absolute Gasteiger partial charge is 0.478 e. The molecule has 102 valence electrons. The van der Waals surface area contributed by atoms with Gasteiger partial charge in [-0.1, -0.05) is 18.2 Å². The van der Waals surface area contributed by atoms with Gasteiger partial charge < -0.3 is 10.4 Å². The van der Waals surface area contributed by atoms with E-state index < -0.39 is 10.9 Å². The fourth-order valence-electron chi connectivity index (χ4n) is 1.82. The van der Waals surface area contributed by atoms with Gasteiger partial charge in [-0.05, 0) is 30.7 Å². The average molecular weight is 272 g/mol. The normalized spacial score (nSPS) is 10.1. The first-order chi connectivity index (χ1) is 9.49. The molecule has 6 nitrogen and oxygen atoms in total. The van der Waals surface area contributed by atoms with Crippen molar-refractivity contribution in [2.75, 3.05) is 5.32 Å². The molecule has 2 aromatic rings. The highest BCUT2D eigenvalue weighted by atomic mass is 16.6. The van der Waals surface area contributed by atoms with E-state index in [0.29, 0.717) is 5.69 Å². The van der Waals surface area contributed by atoms with E-state index >= 15 is 0 Å². The molecule has 0 aromatic heterocycles. The Morgan fingerprint density at radius 1 is 1.20 bits per heavy atom. The lowest BCUT2D eigenvalue weighted by Crippen LogP contribution is -2.04. The summed E-state index contributed by atoms with van der Waals surface area (Å²) in [7, 11) is 0. The van der Waals surface area contributed by atoms with Crippen molar-refractivity contribution in [3.05, 3.63) is 63.7 Å². The molecule has 2 rings (SSSR count). The molecular weight excluding hydrogens is 260 g/mol. The van der Waals surface area contributed by atoms with E-state index in [1.165, 1.54) is 12.1 Å². The zero-order valence-corrected chi connectivity index (χ0v) is 10.7. The van der Waals surface area contributed by atoms with Crippen LogP contribution < -0.4 is 5.32 Å². The summed E-state index contributed by atoms with van der Waals surface area (Å²) in [5, 5.41) is 22.9. The van der Waals surface area contributed by atoms with Crippen LogP contribution >= 0.6 is 0 Å². The summed E-state index contributed by atoms with van der Waals surface area (Å²) < 4.78 is 0. The molecule has 0 aliphatic carbocycles. The summed E-state index contributed by atoms with van der Waals surface area (Å²) in [5.74, 6) is -1.09. The van der Waals surface area contributed by atoms with Crippen molar-refractivity contribution in [1.29, 1.82) is 0 Å². The number of nitro groups is 1. The summed E-state index contributed by atoms with van der Waals surface area (Å²) >= 11 is 0. The van der Waals surface area contributed by atoms with Gasteiger partial charge in [0.05, 0.1) is 16.2 Å². The molecule has 0 bridgehead atoms. The van der Waals surface area contributed by atoms with Gasteiger partial charge in [0.1, 0.15) is 5.69 Å². The zero-order chi connectivity index (χ0) is 14.7. The van der Waals surface area contributed by atoms with Crippen molar-refractivity contribution < 1.29 is 14.8 Å². The molecule has 0 radical (unpaired) electrons. The number of hydrogen-bond acceptors (Lipinski definition) is 4. The van der Waals surface area contributed by atoms with E-state index in [4.69, 9.17) is 5.11 Å². The van der Waals surface area contributed by atoms with Crippen LogP contribution in [-0.4, -0.2) is 16.0 Å². The second kappa shape index (κ2) is 5.40. The molecule has 2 N–H and O–H groups in total. The van der Waals surface area contributed by atoms with Crippen molar-refractivity contribution in [1.82, 2.24) is 0 Å². The lowest BCUT2D eigenvalue weighted by Gasteiger charge is -2.10. The highest BCUT2D eigenvalue weighted by Crippen LogP contribution is 2.29. The summed E-state index contributed by atoms with van der Waals surface area (Å²) in [4.78, 5) is 21.6. The number of nitrogens with one attached hydrogen (secondary N) is 1. The number of nitrogens with zero attached hydrogens (tertiary/aromatic N) is 1. The van der Waals surface area contributed by atoms with Crippen LogP contribution in [0.25, 0.3) is 0 Å². The van der Waals surface area contributed by atoms with Gasteiger partial charge in [-0.2, -0.15) is 0 Å². The number of carboxylic acid groups (broad SMARTS) is 1. The van der Waals surface area contributed by atoms with E-state index in [0.717, 1.165) is 5.56 Å². The van der Waals surface area contributed by atoms with Gasteiger partial charge in [0.2, 0.25) is 0 Å². The number of rotatable bonds is 4. The number of nitro benzene ring substituents is 1. The summed E-state index contributed by atoms with van der Waals surface area (Å²) in [6.45, 7) is 1.75. The van der Waals surface area contributed by atoms with E-state index in [1.54, 1.807) is 37.3 Å². The first-order valence-electron chi connectivity index (χ1n) is 5.83. The first-order valence-corrected chi connectivity index (χ1v) is 5.83. The molecular formula is C14H12N2O4. The summed E-state index contributed by atoms with van der Waals surface area (Å²) in [6.07, 6.45) is 0. The van der Waals surface area contributed by atoms with Gasteiger partial charge in [-0.15, -0.1) is 0 Å². The van der Waals surface area contributed by atoms with E-state index in [1.807, 2.05) is 0 Å². The summed E-state index contributed by atoms with van der Waals surface area (Å²) in [5.41, 5.74) is 1.29. The molecule has 0 spiro atoms. The lowest BCUT2D eigenvalue weighted by atomic mass is 10.1. The van der Waals surface area contributed by atoms with Crippen molar-refractivity contribution >= 4 is 23.0 Å². The van der Waals surface area contributed by atoms with Gasteiger partial charge in [0.25, 0.3) is 5.69 Å². The fourth-order valence-corrected chi connectivity index (χ4v) is 1.82. The third-order valence-corrected chi connectivity index (χ3v) is 2.78. The Balaban J connectivity index is 2.45. The number of aryl methyl sites for hydroxylation is 1. The van der Waals surface area contributed by atoms with Crippen LogP contribution in [0.3, 0.4) is 0 Å². The van der Waals surface area contributed by atoms with Crippen LogP contribution in [-0.2, 0) is 0 Å². The van der Waals surface area contributed by atoms with E-state index in [2.05, 4.69) is 5.32 Å². The Kier molecular flexibility index (Phi) is 3.65. The molecule has 6 heteroatoms. The third-order valence-electron chi connectivity index (χ3n) is 2.78. The molecule has 20 heavy (non-hydrogen) atoms. The number of anilines is 2. The Morgan fingerprint density at radius 2 is 1.90 bits per heavy atom. The van der Waals surface area contributed by atoms with Crippen molar-refractivity contribution in [3.8, 4) is 0 Å². The van der Waals surface area contributed by atoms with Gasteiger partial charge in [-0.3, -0.25) is 10.1 Å². The SMILES string of the molecule is Cc1ccc(Nc2ccccc2C(=O)O)c([N+](=O)[O-])c1. The minimum Gasteiger partial charge on any atom is -0.478 e. The number of carbonyl (C=O) groups is 1. The Hall–Kier alpha value is -2.89. The van der Waals surface area contributed by atoms with Gasteiger partial charge in [-0.25, -0.2) is 4.79 Å². The van der Waals surface area contributed by atoms with Crippen LogP contribution in [0.4, 0.5) is 17.1 Å². The topological polar surface area (TPSA) is 92.5 Å². The Morgan fingerprint density at radius 3 is 2.55 bits per heavy atom. The van der Waals surface area contributed by atoms with Crippen LogP contribution in [0.15, 0.2) is 42.5 Å². The van der Waals surface area contributed by atoms with Crippen LogP contribution in [0, 0.1) is 17.0 Å². The fraction of sp³-hybridized carbons (Fsp3) is 0.0714. The highest BCUT2D eigenvalue weighted by molar-refractivity contribution is 5.95. The molecule has 0 atom stereocenters. The first kappa shape index (κ1) is 13.5. The van der Waals surface area contributed by atoms with Crippen LogP contribution in [0.2, 0.25) is 0 Å². The molecule has 2 aromatic carbocycles. The van der Waals surface area contributed by atoms with E-state index in [9.17, 15) is 14.9 Å². The second-order valence-electron chi connectivity index (χ2n) is 4.25. The maximum absolute atomic E-state index is 11.1. The molecule has 0 saturated carbocycles. The van der Waals surface area contributed by atoms with Crippen LogP contribution in [0.1, 0.15) is 15.9 Å². The molecule has 0 amide bonds. The van der Waals surface area contributed by atoms with Crippen molar-refractivity contribution in [3.63, 3.8) is 0 Å². The Labute approximate surface area is 114 Å². The Bertz CT molecular complexity index is 683. The number of hydrogen-bond donors (Lipinski definition) is 2. The number of carboxylic acids is 1. The number of aromatic carboxylic acids is 1. The van der Waals surface area contributed by atoms with Crippen molar-refractivity contribution in [2.45, 2.75) is 6.92 Å². The van der Waals surface area contributed by atoms with E-state index in [-0.39, 0.29) is 16.9 Å². The van der Waals surface area contributed by atoms with Gasteiger partial charge in [0.15, 0.2) is 0 Å². The third kappa shape index (κ3) is 2.74. The molecule has 0 aliphatic heterocycles. The minimum atomic E-state index is -1.09. The molecule has 0 saturated heterocycles. The maximum Gasteiger partial charge on any atom is 0.337 e. The smallest absolute Gasteiger partial charge is 0.337 e.